The number of piperidine rings is 1. The maximum absolute atomic E-state index is 12.9. The van der Waals surface area contributed by atoms with Gasteiger partial charge in [-0.25, -0.2) is 24.3 Å². The van der Waals surface area contributed by atoms with Crippen molar-refractivity contribution in [3.05, 3.63) is 36.7 Å². The number of anilines is 2. The molecule has 24 heavy (non-hydrogen) atoms. The quantitative estimate of drug-likeness (QED) is 0.917. The monoisotopic (exact) mass is 330 g/mol. The second-order valence-corrected chi connectivity index (χ2v) is 6.34. The van der Waals surface area contributed by atoms with Gasteiger partial charge in [0.15, 0.2) is 5.82 Å². The maximum atomic E-state index is 12.9. The number of hydrogen-bond acceptors (Lipinski definition) is 7. The van der Waals surface area contributed by atoms with Crippen LogP contribution in [-0.4, -0.2) is 51.3 Å². The number of halogens is 1. The lowest BCUT2D eigenvalue weighted by Gasteiger charge is -2.39. The van der Waals surface area contributed by atoms with Crippen molar-refractivity contribution in [1.29, 1.82) is 0 Å². The summed E-state index contributed by atoms with van der Waals surface area (Å²) in [4.78, 5) is 18.8. The van der Waals surface area contributed by atoms with Crippen molar-refractivity contribution in [2.45, 2.75) is 30.9 Å². The van der Waals surface area contributed by atoms with E-state index < -0.39 is 5.82 Å². The van der Waals surface area contributed by atoms with Crippen LogP contribution in [0.3, 0.4) is 0 Å². The molecule has 2 saturated heterocycles. The normalized spacial score (nSPS) is 26.7. The zero-order chi connectivity index (χ0) is 16.4. The Morgan fingerprint density at radius 1 is 1.21 bits per heavy atom. The fraction of sp³-hybridized carbons (Fsp3) is 0.500. The average molecular weight is 330 g/mol. The molecule has 2 aliphatic heterocycles. The second kappa shape index (κ2) is 6.27. The molecule has 0 aliphatic carbocycles. The number of nitrogens with one attached hydrogen (secondary N) is 1. The highest BCUT2D eigenvalue weighted by atomic mass is 19.1. The van der Waals surface area contributed by atoms with Gasteiger partial charge in [0, 0.05) is 31.9 Å². The molecule has 2 atom stereocenters. The molecule has 2 fully saturated rings. The minimum Gasteiger partial charge on any atom is -0.371 e. The average Bonchev–Trinajstić information content (AvgIpc) is 2.99. The van der Waals surface area contributed by atoms with E-state index in [0.29, 0.717) is 12.6 Å². The van der Waals surface area contributed by atoms with Crippen LogP contribution in [0.1, 0.15) is 19.3 Å². The summed E-state index contributed by atoms with van der Waals surface area (Å²) in [6, 6.07) is 1.94. The standard InChI is InChI=1S/C16H19FN6O/c17-12-8-20-14(21-9-12)22-13-7-16(24-10-13)3-1-6-23(11-16)15-18-4-2-5-19-15/h2,4-5,8-9,13H,1,3,6-7,10-11H2,(H,20,21,22)/t13-,16-/m0/s1. The van der Waals surface area contributed by atoms with Crippen molar-refractivity contribution in [2.75, 3.05) is 29.9 Å². The van der Waals surface area contributed by atoms with E-state index in [1.165, 1.54) is 0 Å². The van der Waals surface area contributed by atoms with E-state index in [4.69, 9.17) is 4.74 Å². The molecule has 2 aliphatic rings. The zero-order valence-electron chi connectivity index (χ0n) is 13.2. The molecule has 0 aromatic carbocycles. The largest absolute Gasteiger partial charge is 0.371 e. The van der Waals surface area contributed by atoms with Gasteiger partial charge in [-0.15, -0.1) is 0 Å². The second-order valence-electron chi connectivity index (χ2n) is 6.34. The molecule has 1 spiro atoms. The highest BCUT2D eigenvalue weighted by Gasteiger charge is 2.44. The molecule has 0 amide bonds. The van der Waals surface area contributed by atoms with Crippen molar-refractivity contribution in [2.24, 2.45) is 0 Å². The molecule has 0 radical (unpaired) electrons. The lowest BCUT2D eigenvalue weighted by atomic mass is 9.89. The number of aromatic nitrogens is 4. The third kappa shape index (κ3) is 3.14. The predicted molar refractivity (Wildman–Crippen MR) is 86.2 cm³/mol. The SMILES string of the molecule is Fc1cnc(N[C@@H]2CO[C@@]3(CCCN(c4ncccn4)C3)C2)nc1. The highest BCUT2D eigenvalue weighted by Crippen LogP contribution is 2.36. The molecular formula is C16H19FN6O. The molecule has 126 valence electrons. The van der Waals surface area contributed by atoms with Crippen molar-refractivity contribution in [3.8, 4) is 0 Å². The van der Waals surface area contributed by atoms with Crippen LogP contribution in [0.25, 0.3) is 0 Å². The molecular weight excluding hydrogens is 311 g/mol. The van der Waals surface area contributed by atoms with Crippen molar-refractivity contribution in [1.82, 2.24) is 19.9 Å². The van der Waals surface area contributed by atoms with E-state index in [1.54, 1.807) is 12.4 Å². The van der Waals surface area contributed by atoms with Crippen LogP contribution in [0, 0.1) is 5.82 Å². The van der Waals surface area contributed by atoms with E-state index >= 15 is 0 Å². The molecule has 4 rings (SSSR count). The Balaban J connectivity index is 1.42. The van der Waals surface area contributed by atoms with Crippen LogP contribution in [0.4, 0.5) is 16.3 Å². The van der Waals surface area contributed by atoms with Crippen LogP contribution in [0.2, 0.25) is 0 Å². The van der Waals surface area contributed by atoms with Crippen LogP contribution < -0.4 is 10.2 Å². The predicted octanol–water partition coefficient (Wildman–Crippen LogP) is 1.65. The fourth-order valence-corrected chi connectivity index (χ4v) is 3.51. The minimum absolute atomic E-state index is 0.118. The smallest absolute Gasteiger partial charge is 0.225 e. The summed E-state index contributed by atoms with van der Waals surface area (Å²) in [5, 5.41) is 3.23. The molecule has 4 heterocycles. The van der Waals surface area contributed by atoms with E-state index in [2.05, 4.69) is 30.2 Å². The number of nitrogens with zero attached hydrogens (tertiary/aromatic N) is 5. The Morgan fingerprint density at radius 3 is 2.79 bits per heavy atom. The summed E-state index contributed by atoms with van der Waals surface area (Å²) >= 11 is 0. The summed E-state index contributed by atoms with van der Waals surface area (Å²) in [6.07, 6.45) is 8.75. The molecule has 0 unspecified atom stereocenters. The van der Waals surface area contributed by atoms with Crippen molar-refractivity contribution in [3.63, 3.8) is 0 Å². The van der Waals surface area contributed by atoms with Crippen LogP contribution in [0.5, 0.6) is 0 Å². The Labute approximate surface area is 139 Å². The van der Waals surface area contributed by atoms with Gasteiger partial charge in [-0.2, -0.15) is 0 Å². The Kier molecular flexibility index (Phi) is 3.97. The Bertz CT molecular complexity index is 685. The van der Waals surface area contributed by atoms with Gasteiger partial charge in [-0.05, 0) is 18.9 Å². The van der Waals surface area contributed by atoms with Crippen molar-refractivity contribution < 1.29 is 9.13 Å². The molecule has 2 aromatic heterocycles. The van der Waals surface area contributed by atoms with Gasteiger partial charge in [0.2, 0.25) is 11.9 Å². The first-order chi connectivity index (χ1) is 11.7. The van der Waals surface area contributed by atoms with E-state index in [9.17, 15) is 4.39 Å². The molecule has 7 nitrogen and oxygen atoms in total. The first-order valence-electron chi connectivity index (χ1n) is 8.12. The number of ether oxygens (including phenoxy) is 1. The summed E-state index contributed by atoms with van der Waals surface area (Å²) in [5.74, 6) is 0.741. The fourth-order valence-electron chi connectivity index (χ4n) is 3.51. The van der Waals surface area contributed by atoms with Gasteiger partial charge in [0.05, 0.1) is 30.6 Å². The van der Waals surface area contributed by atoms with Gasteiger partial charge in [-0.3, -0.25) is 0 Å². The number of hydrogen-bond donors (Lipinski definition) is 1. The first kappa shape index (κ1) is 15.2. The minimum atomic E-state index is -0.439. The summed E-state index contributed by atoms with van der Waals surface area (Å²) < 4.78 is 19.0. The van der Waals surface area contributed by atoms with Gasteiger partial charge in [0.25, 0.3) is 0 Å². The zero-order valence-corrected chi connectivity index (χ0v) is 13.2. The first-order valence-corrected chi connectivity index (χ1v) is 8.12. The van der Waals surface area contributed by atoms with Crippen molar-refractivity contribution >= 4 is 11.9 Å². The maximum Gasteiger partial charge on any atom is 0.225 e. The topological polar surface area (TPSA) is 76.1 Å². The van der Waals surface area contributed by atoms with Gasteiger partial charge in [0.1, 0.15) is 0 Å². The lowest BCUT2D eigenvalue weighted by Crippen LogP contribution is -2.48. The molecule has 0 bridgehead atoms. The highest BCUT2D eigenvalue weighted by molar-refractivity contribution is 5.32. The van der Waals surface area contributed by atoms with Gasteiger partial charge >= 0.3 is 0 Å². The molecule has 2 aromatic rings. The van der Waals surface area contributed by atoms with E-state index in [1.807, 2.05) is 6.07 Å². The lowest BCUT2D eigenvalue weighted by molar-refractivity contribution is -0.00668. The summed E-state index contributed by atoms with van der Waals surface area (Å²) in [5.41, 5.74) is -0.199. The summed E-state index contributed by atoms with van der Waals surface area (Å²) in [7, 11) is 0. The van der Waals surface area contributed by atoms with Gasteiger partial charge in [-0.1, -0.05) is 0 Å². The summed E-state index contributed by atoms with van der Waals surface area (Å²) in [6.45, 7) is 2.30. The Morgan fingerprint density at radius 2 is 2.00 bits per heavy atom. The van der Waals surface area contributed by atoms with Crippen LogP contribution in [-0.2, 0) is 4.74 Å². The molecule has 0 saturated carbocycles. The molecule has 1 N–H and O–H groups in total. The van der Waals surface area contributed by atoms with E-state index in [-0.39, 0.29) is 11.6 Å². The van der Waals surface area contributed by atoms with Crippen LogP contribution >= 0.6 is 0 Å². The van der Waals surface area contributed by atoms with Crippen LogP contribution in [0.15, 0.2) is 30.9 Å². The third-order valence-corrected chi connectivity index (χ3v) is 4.54. The van der Waals surface area contributed by atoms with Gasteiger partial charge < -0.3 is 15.0 Å². The Hall–Kier alpha value is -2.35. The van der Waals surface area contributed by atoms with E-state index in [0.717, 1.165) is 50.7 Å². The molecule has 8 heteroatoms. The number of rotatable bonds is 3. The third-order valence-electron chi connectivity index (χ3n) is 4.54.